The number of rotatable bonds is 4. The molecule has 3 rings (SSSR count). The number of anilines is 1. The number of ether oxygens (including phenoxy) is 1. The summed E-state index contributed by atoms with van der Waals surface area (Å²) in [4.78, 5) is 2.56. The van der Waals surface area contributed by atoms with Crippen molar-refractivity contribution in [1.29, 1.82) is 0 Å². The van der Waals surface area contributed by atoms with Gasteiger partial charge in [0, 0.05) is 19.1 Å². The van der Waals surface area contributed by atoms with E-state index in [0.717, 1.165) is 37.4 Å². The number of nitrogens with zero attached hydrogens (tertiary/aromatic N) is 1. The summed E-state index contributed by atoms with van der Waals surface area (Å²) in [5.41, 5.74) is 11.0. The first-order valence-electron chi connectivity index (χ1n) is 7.90. The monoisotopic (exact) mass is 296 g/mol. The third-order valence-electron chi connectivity index (χ3n) is 4.61. The third kappa shape index (κ3) is 3.09. The topological polar surface area (TPSA) is 38.5 Å². The Morgan fingerprint density at radius 1 is 1.18 bits per heavy atom. The Kier molecular flexibility index (Phi) is 4.34. The molecule has 1 unspecified atom stereocenters. The largest absolute Gasteiger partial charge is 0.495 e. The Balaban J connectivity index is 1.68. The van der Waals surface area contributed by atoms with Gasteiger partial charge in [0.05, 0.1) is 12.8 Å². The van der Waals surface area contributed by atoms with E-state index in [1.807, 2.05) is 12.1 Å². The van der Waals surface area contributed by atoms with Crippen LogP contribution in [0.3, 0.4) is 0 Å². The second-order valence-electron chi connectivity index (χ2n) is 6.12. The molecule has 2 aromatic rings. The molecule has 0 saturated heterocycles. The molecule has 1 atom stereocenters. The van der Waals surface area contributed by atoms with E-state index >= 15 is 0 Å². The smallest absolute Gasteiger partial charge is 0.141 e. The van der Waals surface area contributed by atoms with Crippen molar-refractivity contribution in [1.82, 2.24) is 4.90 Å². The van der Waals surface area contributed by atoms with Gasteiger partial charge in [-0.2, -0.15) is 0 Å². The van der Waals surface area contributed by atoms with Gasteiger partial charge in [0.15, 0.2) is 0 Å². The summed E-state index contributed by atoms with van der Waals surface area (Å²) in [5.74, 6) is 0.753. The predicted octanol–water partition coefficient (Wildman–Crippen LogP) is 3.27. The van der Waals surface area contributed by atoms with Crippen molar-refractivity contribution in [3.8, 4) is 5.75 Å². The van der Waals surface area contributed by atoms with Gasteiger partial charge in [0.1, 0.15) is 5.75 Å². The summed E-state index contributed by atoms with van der Waals surface area (Å²) >= 11 is 0. The van der Waals surface area contributed by atoms with Crippen LogP contribution in [-0.4, -0.2) is 24.6 Å². The maximum Gasteiger partial charge on any atom is 0.141 e. The molecule has 2 aromatic carbocycles. The van der Waals surface area contributed by atoms with Gasteiger partial charge >= 0.3 is 0 Å². The summed E-state index contributed by atoms with van der Waals surface area (Å²) in [6, 6.07) is 15.4. The fraction of sp³-hybridized carbons (Fsp3) is 0.368. The van der Waals surface area contributed by atoms with Crippen LogP contribution in [0, 0.1) is 0 Å². The zero-order chi connectivity index (χ0) is 15.5. The molecule has 116 valence electrons. The van der Waals surface area contributed by atoms with Gasteiger partial charge in [-0.05, 0) is 48.6 Å². The van der Waals surface area contributed by atoms with E-state index in [2.05, 4.69) is 42.2 Å². The van der Waals surface area contributed by atoms with Crippen LogP contribution in [0.2, 0.25) is 0 Å². The lowest BCUT2D eigenvalue weighted by Crippen LogP contribution is -2.38. The molecule has 0 amide bonds. The standard InChI is InChI=1S/C19H24N2O/c1-14(11-15-7-8-19(22-2)18(20)12-15)21-10-9-16-5-3-4-6-17(16)13-21/h3-8,12,14H,9-11,13,20H2,1-2H3. The zero-order valence-corrected chi connectivity index (χ0v) is 13.4. The molecule has 0 bridgehead atoms. The van der Waals surface area contributed by atoms with E-state index in [1.165, 1.54) is 16.7 Å². The number of hydrogen-bond acceptors (Lipinski definition) is 3. The molecule has 0 radical (unpaired) electrons. The van der Waals surface area contributed by atoms with Crippen molar-refractivity contribution >= 4 is 5.69 Å². The Bertz CT molecular complexity index is 654. The van der Waals surface area contributed by atoms with E-state index < -0.39 is 0 Å². The first-order valence-corrected chi connectivity index (χ1v) is 7.90. The maximum atomic E-state index is 6.01. The lowest BCUT2D eigenvalue weighted by molar-refractivity contribution is 0.189. The second-order valence-corrected chi connectivity index (χ2v) is 6.12. The van der Waals surface area contributed by atoms with Crippen LogP contribution in [0.1, 0.15) is 23.6 Å². The number of nitrogens with two attached hydrogens (primary N) is 1. The van der Waals surface area contributed by atoms with Crippen molar-refractivity contribution < 1.29 is 4.74 Å². The number of nitrogen functional groups attached to an aromatic ring is 1. The van der Waals surface area contributed by atoms with Gasteiger partial charge in [-0.25, -0.2) is 0 Å². The average Bonchev–Trinajstić information content (AvgIpc) is 2.54. The van der Waals surface area contributed by atoms with E-state index in [1.54, 1.807) is 7.11 Å². The Morgan fingerprint density at radius 2 is 1.95 bits per heavy atom. The predicted molar refractivity (Wildman–Crippen MR) is 91.1 cm³/mol. The van der Waals surface area contributed by atoms with Gasteiger partial charge < -0.3 is 10.5 Å². The Morgan fingerprint density at radius 3 is 2.68 bits per heavy atom. The molecular formula is C19H24N2O. The highest BCUT2D eigenvalue weighted by Crippen LogP contribution is 2.25. The molecule has 0 spiro atoms. The highest BCUT2D eigenvalue weighted by molar-refractivity contribution is 5.54. The number of benzene rings is 2. The molecular weight excluding hydrogens is 272 g/mol. The molecule has 0 saturated carbocycles. The highest BCUT2D eigenvalue weighted by Gasteiger charge is 2.20. The molecule has 0 fully saturated rings. The van der Waals surface area contributed by atoms with Gasteiger partial charge in [-0.15, -0.1) is 0 Å². The molecule has 1 heterocycles. The van der Waals surface area contributed by atoms with Crippen LogP contribution in [-0.2, 0) is 19.4 Å². The highest BCUT2D eigenvalue weighted by atomic mass is 16.5. The van der Waals surface area contributed by atoms with Gasteiger partial charge in [0.2, 0.25) is 0 Å². The normalized spacial score (nSPS) is 16.1. The first kappa shape index (κ1) is 14.9. The van der Waals surface area contributed by atoms with Crippen molar-refractivity contribution in [2.24, 2.45) is 0 Å². The van der Waals surface area contributed by atoms with Crippen LogP contribution in [0.15, 0.2) is 42.5 Å². The van der Waals surface area contributed by atoms with E-state index in [4.69, 9.17) is 10.5 Å². The van der Waals surface area contributed by atoms with E-state index in [9.17, 15) is 0 Å². The van der Waals surface area contributed by atoms with Gasteiger partial charge in [0.25, 0.3) is 0 Å². The number of fused-ring (bicyclic) bond motifs is 1. The quantitative estimate of drug-likeness (QED) is 0.880. The van der Waals surface area contributed by atoms with Crippen molar-refractivity contribution in [3.05, 3.63) is 59.2 Å². The van der Waals surface area contributed by atoms with Crippen molar-refractivity contribution in [3.63, 3.8) is 0 Å². The lowest BCUT2D eigenvalue weighted by Gasteiger charge is -2.34. The maximum absolute atomic E-state index is 6.01. The van der Waals surface area contributed by atoms with E-state index in [-0.39, 0.29) is 0 Å². The van der Waals surface area contributed by atoms with Crippen LogP contribution in [0.25, 0.3) is 0 Å². The van der Waals surface area contributed by atoms with Crippen LogP contribution in [0.4, 0.5) is 5.69 Å². The molecule has 3 nitrogen and oxygen atoms in total. The van der Waals surface area contributed by atoms with Crippen LogP contribution < -0.4 is 10.5 Å². The first-order chi connectivity index (χ1) is 10.7. The minimum Gasteiger partial charge on any atom is -0.495 e. The molecule has 3 heteroatoms. The zero-order valence-electron chi connectivity index (χ0n) is 13.4. The Hall–Kier alpha value is -2.00. The van der Waals surface area contributed by atoms with Gasteiger partial charge in [-0.3, -0.25) is 4.90 Å². The number of hydrogen-bond donors (Lipinski definition) is 1. The summed E-state index contributed by atoms with van der Waals surface area (Å²) < 4.78 is 5.22. The second kappa shape index (κ2) is 6.41. The molecule has 0 aliphatic carbocycles. The average molecular weight is 296 g/mol. The molecule has 22 heavy (non-hydrogen) atoms. The van der Waals surface area contributed by atoms with Crippen molar-refractivity contribution in [2.45, 2.75) is 32.4 Å². The molecule has 1 aliphatic heterocycles. The molecule has 2 N–H and O–H groups in total. The third-order valence-corrected chi connectivity index (χ3v) is 4.61. The van der Waals surface area contributed by atoms with Crippen LogP contribution >= 0.6 is 0 Å². The Labute approximate surface area is 132 Å². The van der Waals surface area contributed by atoms with Gasteiger partial charge in [-0.1, -0.05) is 30.3 Å². The molecule has 1 aliphatic rings. The minimum atomic E-state index is 0.501. The lowest BCUT2D eigenvalue weighted by atomic mass is 9.97. The minimum absolute atomic E-state index is 0.501. The van der Waals surface area contributed by atoms with Crippen LogP contribution in [0.5, 0.6) is 5.75 Å². The SMILES string of the molecule is COc1ccc(CC(C)N2CCc3ccccc3C2)cc1N. The fourth-order valence-corrected chi connectivity index (χ4v) is 3.27. The summed E-state index contributed by atoms with van der Waals surface area (Å²) in [7, 11) is 1.65. The molecule has 0 aromatic heterocycles. The summed E-state index contributed by atoms with van der Waals surface area (Å²) in [5, 5.41) is 0. The van der Waals surface area contributed by atoms with Crippen molar-refractivity contribution in [2.75, 3.05) is 19.4 Å². The summed E-state index contributed by atoms with van der Waals surface area (Å²) in [6.07, 6.45) is 2.15. The fourth-order valence-electron chi connectivity index (χ4n) is 3.27. The number of methoxy groups -OCH3 is 1. The van der Waals surface area contributed by atoms with E-state index in [0.29, 0.717) is 6.04 Å². The summed E-state index contributed by atoms with van der Waals surface area (Å²) in [6.45, 7) is 4.47.